The maximum absolute atomic E-state index is 11.9. The van der Waals surface area contributed by atoms with Gasteiger partial charge in [-0.3, -0.25) is 0 Å². The maximum atomic E-state index is 11.9. The zero-order valence-corrected chi connectivity index (χ0v) is 10.6. The third-order valence-electron chi connectivity index (χ3n) is 2.92. The zero-order valence-electron chi connectivity index (χ0n) is 9.03. The van der Waals surface area contributed by atoms with Gasteiger partial charge in [0.05, 0.1) is 10.6 Å². The van der Waals surface area contributed by atoms with Gasteiger partial charge in [0, 0.05) is 10.9 Å². The summed E-state index contributed by atoms with van der Waals surface area (Å²) in [6.07, 6.45) is 0.798. The maximum Gasteiger partial charge on any atom is 0.179 e. The van der Waals surface area contributed by atoms with Crippen LogP contribution in [0.1, 0.15) is 17.9 Å². The summed E-state index contributed by atoms with van der Waals surface area (Å²) in [5.74, 6) is 0.217. The van der Waals surface area contributed by atoms with Crippen LogP contribution in [-0.4, -0.2) is 27.8 Å². The van der Waals surface area contributed by atoms with Gasteiger partial charge in [-0.15, -0.1) is 0 Å². The van der Waals surface area contributed by atoms with Gasteiger partial charge in [0.2, 0.25) is 0 Å². The standard InChI is InChI=1S/C11H14ClNO2S/c1-13-6-5-8-7-16(14,15)10-4-2-3-9(12)11(8)10/h2-4,8,13H,5-7H2,1H3. The highest BCUT2D eigenvalue weighted by atomic mass is 35.5. The minimum Gasteiger partial charge on any atom is -0.320 e. The van der Waals surface area contributed by atoms with E-state index in [2.05, 4.69) is 5.32 Å². The molecule has 16 heavy (non-hydrogen) atoms. The summed E-state index contributed by atoms with van der Waals surface area (Å²) in [5, 5.41) is 3.60. The van der Waals surface area contributed by atoms with Crippen LogP contribution >= 0.6 is 11.6 Å². The van der Waals surface area contributed by atoms with Gasteiger partial charge < -0.3 is 5.32 Å². The van der Waals surface area contributed by atoms with Gasteiger partial charge >= 0.3 is 0 Å². The van der Waals surface area contributed by atoms with Crippen molar-refractivity contribution in [3.63, 3.8) is 0 Å². The minimum atomic E-state index is -3.12. The molecule has 1 aromatic rings. The number of nitrogens with one attached hydrogen (secondary N) is 1. The highest BCUT2D eigenvalue weighted by Crippen LogP contribution is 2.40. The fraction of sp³-hybridized carbons (Fsp3) is 0.455. The Hall–Kier alpha value is -0.580. The van der Waals surface area contributed by atoms with Gasteiger partial charge in [0.1, 0.15) is 0 Å². The fourth-order valence-electron chi connectivity index (χ4n) is 2.17. The lowest BCUT2D eigenvalue weighted by molar-refractivity contribution is 0.591. The Morgan fingerprint density at radius 3 is 2.94 bits per heavy atom. The number of fused-ring (bicyclic) bond motifs is 1. The molecule has 0 aliphatic carbocycles. The van der Waals surface area contributed by atoms with E-state index in [4.69, 9.17) is 11.6 Å². The topological polar surface area (TPSA) is 46.2 Å². The molecular weight excluding hydrogens is 246 g/mol. The van der Waals surface area contributed by atoms with Gasteiger partial charge in [0.25, 0.3) is 0 Å². The number of hydrogen-bond donors (Lipinski definition) is 1. The lowest BCUT2D eigenvalue weighted by atomic mass is 9.98. The number of hydrogen-bond acceptors (Lipinski definition) is 3. The molecule has 1 heterocycles. The summed E-state index contributed by atoms with van der Waals surface area (Å²) >= 11 is 6.09. The molecule has 0 amide bonds. The van der Waals surface area contributed by atoms with E-state index in [-0.39, 0.29) is 11.7 Å². The summed E-state index contributed by atoms with van der Waals surface area (Å²) < 4.78 is 23.8. The summed E-state index contributed by atoms with van der Waals surface area (Å²) in [7, 11) is -1.26. The predicted octanol–water partition coefficient (Wildman–Crippen LogP) is 1.82. The Morgan fingerprint density at radius 1 is 1.50 bits per heavy atom. The second kappa shape index (κ2) is 4.35. The Morgan fingerprint density at radius 2 is 2.25 bits per heavy atom. The summed E-state index contributed by atoms with van der Waals surface area (Å²) in [4.78, 5) is 0.418. The van der Waals surface area contributed by atoms with Crippen molar-refractivity contribution in [2.24, 2.45) is 0 Å². The molecule has 3 nitrogen and oxygen atoms in total. The number of halogens is 1. The highest BCUT2D eigenvalue weighted by molar-refractivity contribution is 7.91. The third-order valence-corrected chi connectivity index (χ3v) is 5.12. The number of sulfone groups is 1. The smallest absolute Gasteiger partial charge is 0.179 e. The van der Waals surface area contributed by atoms with Gasteiger partial charge in [-0.25, -0.2) is 8.42 Å². The molecule has 0 saturated heterocycles. The third kappa shape index (κ3) is 1.97. The van der Waals surface area contributed by atoms with Gasteiger partial charge in [-0.05, 0) is 37.7 Å². The average molecular weight is 260 g/mol. The van der Waals surface area contributed by atoms with E-state index in [1.54, 1.807) is 18.2 Å². The van der Waals surface area contributed by atoms with E-state index in [1.165, 1.54) is 0 Å². The van der Waals surface area contributed by atoms with E-state index in [9.17, 15) is 8.42 Å². The fourth-order valence-corrected chi connectivity index (χ4v) is 4.49. The van der Waals surface area contributed by atoms with Crippen LogP contribution in [0.25, 0.3) is 0 Å². The van der Waals surface area contributed by atoms with Crippen LogP contribution in [0.5, 0.6) is 0 Å². The molecule has 88 valence electrons. The lowest BCUT2D eigenvalue weighted by Crippen LogP contribution is -2.13. The molecule has 1 aliphatic rings. The van der Waals surface area contributed by atoms with Gasteiger partial charge in [-0.1, -0.05) is 17.7 Å². The first-order valence-corrected chi connectivity index (χ1v) is 7.25. The number of benzene rings is 1. The van der Waals surface area contributed by atoms with E-state index >= 15 is 0 Å². The molecule has 1 aromatic carbocycles. The first-order chi connectivity index (χ1) is 7.56. The first kappa shape index (κ1) is 11.9. The molecule has 1 N–H and O–H groups in total. The molecule has 2 rings (SSSR count). The second-order valence-electron chi connectivity index (χ2n) is 4.02. The van der Waals surface area contributed by atoms with Crippen LogP contribution in [0.4, 0.5) is 0 Å². The molecule has 1 atom stereocenters. The Kier molecular flexibility index (Phi) is 3.24. The van der Waals surface area contributed by atoms with Crippen molar-refractivity contribution in [3.05, 3.63) is 28.8 Å². The monoisotopic (exact) mass is 259 g/mol. The molecule has 0 spiro atoms. The van der Waals surface area contributed by atoms with Crippen molar-refractivity contribution < 1.29 is 8.42 Å². The molecular formula is C11H14ClNO2S. The SMILES string of the molecule is CNCCC1CS(=O)(=O)c2cccc(Cl)c21. The van der Waals surface area contributed by atoms with Crippen LogP contribution < -0.4 is 5.32 Å². The minimum absolute atomic E-state index is 0.0288. The number of rotatable bonds is 3. The van der Waals surface area contributed by atoms with Crippen molar-refractivity contribution in [3.8, 4) is 0 Å². The first-order valence-electron chi connectivity index (χ1n) is 5.22. The van der Waals surface area contributed by atoms with Gasteiger partial charge in [0.15, 0.2) is 9.84 Å². The van der Waals surface area contributed by atoms with Crippen molar-refractivity contribution >= 4 is 21.4 Å². The molecule has 0 aromatic heterocycles. The van der Waals surface area contributed by atoms with Crippen molar-refractivity contribution in [1.29, 1.82) is 0 Å². The van der Waals surface area contributed by atoms with Crippen LogP contribution in [0, 0.1) is 0 Å². The van der Waals surface area contributed by atoms with Crippen LogP contribution in [-0.2, 0) is 9.84 Å². The molecule has 0 bridgehead atoms. The summed E-state index contributed by atoms with van der Waals surface area (Å²) in [6.45, 7) is 0.796. The average Bonchev–Trinajstić information content (AvgIpc) is 2.49. The highest BCUT2D eigenvalue weighted by Gasteiger charge is 2.35. The Labute approximate surface area is 101 Å². The van der Waals surface area contributed by atoms with E-state index in [0.29, 0.717) is 9.92 Å². The summed E-state index contributed by atoms with van der Waals surface area (Å²) in [5.41, 5.74) is 0.805. The lowest BCUT2D eigenvalue weighted by Gasteiger charge is -2.10. The summed E-state index contributed by atoms with van der Waals surface area (Å²) in [6, 6.07) is 5.10. The molecule has 1 aliphatic heterocycles. The van der Waals surface area contributed by atoms with E-state index in [0.717, 1.165) is 18.5 Å². The quantitative estimate of drug-likeness (QED) is 0.901. The normalized spacial score (nSPS) is 22.0. The molecule has 0 fully saturated rings. The second-order valence-corrected chi connectivity index (χ2v) is 6.43. The van der Waals surface area contributed by atoms with Crippen molar-refractivity contribution in [2.75, 3.05) is 19.3 Å². The largest absolute Gasteiger partial charge is 0.320 e. The van der Waals surface area contributed by atoms with Crippen LogP contribution in [0.2, 0.25) is 5.02 Å². The molecule has 0 radical (unpaired) electrons. The Bertz CT molecular complexity index is 499. The zero-order chi connectivity index (χ0) is 11.8. The van der Waals surface area contributed by atoms with Gasteiger partial charge in [-0.2, -0.15) is 0 Å². The van der Waals surface area contributed by atoms with E-state index < -0.39 is 9.84 Å². The molecule has 1 unspecified atom stereocenters. The van der Waals surface area contributed by atoms with E-state index in [1.807, 2.05) is 7.05 Å². The Balaban J connectivity index is 2.44. The predicted molar refractivity (Wildman–Crippen MR) is 64.8 cm³/mol. The van der Waals surface area contributed by atoms with Crippen LogP contribution in [0.15, 0.2) is 23.1 Å². The molecule has 0 saturated carbocycles. The van der Waals surface area contributed by atoms with Crippen molar-refractivity contribution in [2.45, 2.75) is 17.2 Å². The molecule has 5 heteroatoms. The van der Waals surface area contributed by atoms with Crippen LogP contribution in [0.3, 0.4) is 0 Å². The van der Waals surface area contributed by atoms with Crippen molar-refractivity contribution in [1.82, 2.24) is 5.32 Å².